The molecular weight excluding hydrogens is 204 g/mol. The van der Waals surface area contributed by atoms with E-state index in [1.165, 1.54) is 6.20 Å². The standard InChI is InChI=1S/C11H14N4O/c1-6-7(2)10(12)14-5-9(6)11(16)15-8-3-13-4-8/h5,8,13H,1-4H2,(H2,12,14)(H,15,16). The second-order valence-corrected chi connectivity index (χ2v) is 3.84. The van der Waals surface area contributed by atoms with Gasteiger partial charge in [0.1, 0.15) is 5.82 Å². The number of nitrogens with two attached hydrogens (primary N) is 1. The summed E-state index contributed by atoms with van der Waals surface area (Å²) in [6, 6.07) is 0.192. The van der Waals surface area contributed by atoms with Crippen molar-refractivity contribution in [1.29, 1.82) is 0 Å². The zero-order valence-electron chi connectivity index (χ0n) is 8.92. The van der Waals surface area contributed by atoms with Crippen molar-refractivity contribution in [2.45, 2.75) is 6.04 Å². The number of carbonyl (C=O) groups excluding carboxylic acids is 1. The number of nitrogen functional groups attached to an aromatic ring is 1. The third kappa shape index (κ3) is 1.77. The Bertz CT molecular complexity index is 522. The van der Waals surface area contributed by atoms with Gasteiger partial charge in [-0.25, -0.2) is 4.98 Å². The van der Waals surface area contributed by atoms with Crippen molar-refractivity contribution >= 4 is 24.9 Å². The van der Waals surface area contributed by atoms with Gasteiger partial charge < -0.3 is 16.4 Å². The number of carbonyl (C=O) groups is 1. The summed E-state index contributed by atoms with van der Waals surface area (Å²) in [4.78, 5) is 15.8. The lowest BCUT2D eigenvalue weighted by atomic mass is 10.1. The second kappa shape index (κ2) is 3.94. The number of aromatic nitrogens is 1. The van der Waals surface area contributed by atoms with Crippen LogP contribution >= 0.6 is 0 Å². The lowest BCUT2D eigenvalue weighted by Crippen LogP contribution is -2.57. The van der Waals surface area contributed by atoms with Gasteiger partial charge in [0.2, 0.25) is 0 Å². The first-order valence-electron chi connectivity index (χ1n) is 5.03. The van der Waals surface area contributed by atoms with Gasteiger partial charge in [0.05, 0.1) is 11.6 Å². The molecule has 0 aliphatic carbocycles. The van der Waals surface area contributed by atoms with Crippen LogP contribution in [0.1, 0.15) is 10.4 Å². The molecule has 0 unspecified atom stereocenters. The lowest BCUT2D eigenvalue weighted by molar-refractivity contribution is 0.0922. The van der Waals surface area contributed by atoms with Crippen molar-refractivity contribution in [2.75, 3.05) is 18.8 Å². The molecule has 1 aliphatic rings. The highest BCUT2D eigenvalue weighted by Gasteiger charge is 2.20. The fraction of sp³-hybridized carbons (Fsp3) is 0.273. The highest BCUT2D eigenvalue weighted by molar-refractivity contribution is 5.94. The molecule has 1 saturated heterocycles. The molecule has 0 bridgehead atoms. The van der Waals surface area contributed by atoms with Crippen LogP contribution in [-0.2, 0) is 0 Å². The monoisotopic (exact) mass is 218 g/mol. The van der Waals surface area contributed by atoms with Crippen molar-refractivity contribution < 1.29 is 4.79 Å². The first kappa shape index (κ1) is 10.6. The van der Waals surface area contributed by atoms with E-state index < -0.39 is 0 Å². The van der Waals surface area contributed by atoms with E-state index in [-0.39, 0.29) is 11.9 Å². The molecule has 0 saturated carbocycles. The number of pyridine rings is 1. The van der Waals surface area contributed by atoms with E-state index in [1.54, 1.807) is 0 Å². The van der Waals surface area contributed by atoms with Crippen molar-refractivity contribution in [3.63, 3.8) is 0 Å². The Morgan fingerprint density at radius 2 is 2.19 bits per heavy atom. The molecular formula is C11H14N4O. The quantitative estimate of drug-likeness (QED) is 0.546. The molecule has 1 amide bonds. The number of amides is 1. The highest BCUT2D eigenvalue weighted by Crippen LogP contribution is 1.95. The summed E-state index contributed by atoms with van der Waals surface area (Å²) in [7, 11) is 0. The van der Waals surface area contributed by atoms with Crippen LogP contribution in [0.4, 0.5) is 5.82 Å². The van der Waals surface area contributed by atoms with Gasteiger partial charge in [-0.05, 0) is 5.22 Å². The van der Waals surface area contributed by atoms with Crippen LogP contribution in [0.5, 0.6) is 0 Å². The second-order valence-electron chi connectivity index (χ2n) is 3.84. The van der Waals surface area contributed by atoms with Gasteiger partial charge in [-0.3, -0.25) is 4.79 Å². The zero-order chi connectivity index (χ0) is 11.7. The van der Waals surface area contributed by atoms with E-state index in [0.717, 1.165) is 13.1 Å². The molecule has 1 aromatic heterocycles. The Balaban J connectivity index is 2.26. The number of nitrogens with one attached hydrogen (secondary N) is 2. The van der Waals surface area contributed by atoms with Gasteiger partial charge in [-0.15, -0.1) is 0 Å². The first-order valence-corrected chi connectivity index (χ1v) is 5.03. The maximum Gasteiger partial charge on any atom is 0.253 e. The maximum atomic E-state index is 11.8. The van der Waals surface area contributed by atoms with E-state index in [4.69, 9.17) is 5.73 Å². The van der Waals surface area contributed by atoms with E-state index in [0.29, 0.717) is 21.8 Å². The Hall–Kier alpha value is -1.88. The van der Waals surface area contributed by atoms with Gasteiger partial charge in [0.15, 0.2) is 0 Å². The fourth-order valence-corrected chi connectivity index (χ4v) is 1.46. The molecule has 0 aromatic carbocycles. The predicted molar refractivity (Wildman–Crippen MR) is 63.1 cm³/mol. The van der Waals surface area contributed by atoms with Gasteiger partial charge in [-0.1, -0.05) is 13.2 Å². The number of anilines is 1. The Kier molecular flexibility index (Phi) is 2.62. The Morgan fingerprint density at radius 3 is 2.75 bits per heavy atom. The maximum absolute atomic E-state index is 11.8. The minimum Gasteiger partial charge on any atom is -0.383 e. The van der Waals surface area contributed by atoms with Crippen LogP contribution in [-0.4, -0.2) is 30.0 Å². The molecule has 2 heterocycles. The molecule has 84 valence electrons. The van der Waals surface area contributed by atoms with Crippen LogP contribution in [0.2, 0.25) is 0 Å². The summed E-state index contributed by atoms with van der Waals surface area (Å²) < 4.78 is 0. The third-order valence-corrected chi connectivity index (χ3v) is 2.69. The third-order valence-electron chi connectivity index (χ3n) is 2.69. The molecule has 0 radical (unpaired) electrons. The number of nitrogens with zero attached hydrogens (tertiary/aromatic N) is 1. The minimum atomic E-state index is -0.172. The van der Waals surface area contributed by atoms with E-state index >= 15 is 0 Å². The summed E-state index contributed by atoms with van der Waals surface area (Å²) in [5, 5.41) is 7.00. The van der Waals surface area contributed by atoms with Gasteiger partial charge in [0.25, 0.3) is 5.91 Å². The molecule has 1 fully saturated rings. The Labute approximate surface area is 93.1 Å². The van der Waals surface area contributed by atoms with E-state index in [1.807, 2.05) is 0 Å². The number of hydrogen-bond acceptors (Lipinski definition) is 4. The largest absolute Gasteiger partial charge is 0.383 e. The first-order chi connectivity index (χ1) is 7.59. The highest BCUT2D eigenvalue weighted by atomic mass is 16.1. The van der Waals surface area contributed by atoms with Gasteiger partial charge >= 0.3 is 0 Å². The van der Waals surface area contributed by atoms with Crippen molar-refractivity contribution in [2.24, 2.45) is 0 Å². The predicted octanol–water partition coefficient (Wildman–Crippen LogP) is -1.81. The average molecular weight is 218 g/mol. The lowest BCUT2D eigenvalue weighted by Gasteiger charge is -2.27. The van der Waals surface area contributed by atoms with Crippen molar-refractivity contribution in [3.05, 3.63) is 22.2 Å². The zero-order valence-corrected chi connectivity index (χ0v) is 8.92. The number of rotatable bonds is 2. The number of hydrogen-bond donors (Lipinski definition) is 3. The van der Waals surface area contributed by atoms with Crippen LogP contribution in [0.15, 0.2) is 6.20 Å². The summed E-state index contributed by atoms with van der Waals surface area (Å²) in [6.45, 7) is 9.13. The summed E-state index contributed by atoms with van der Waals surface area (Å²) >= 11 is 0. The summed E-state index contributed by atoms with van der Waals surface area (Å²) in [6.07, 6.45) is 1.44. The van der Waals surface area contributed by atoms with Crippen molar-refractivity contribution in [1.82, 2.24) is 15.6 Å². The normalized spacial score (nSPS) is 15.5. The smallest absolute Gasteiger partial charge is 0.253 e. The molecule has 0 atom stereocenters. The average Bonchev–Trinajstić information content (AvgIpc) is 2.20. The molecule has 0 spiro atoms. The summed E-state index contributed by atoms with van der Waals surface area (Å²) in [5.74, 6) is 0.140. The SMILES string of the molecule is C=c1c(C(=O)NC2CNC2)cnc(N)c1=C. The van der Waals surface area contributed by atoms with Crippen molar-refractivity contribution in [3.8, 4) is 0 Å². The molecule has 5 nitrogen and oxygen atoms in total. The van der Waals surface area contributed by atoms with Gasteiger partial charge in [0, 0.05) is 24.5 Å². The van der Waals surface area contributed by atoms with Crippen LogP contribution < -0.4 is 26.8 Å². The molecule has 1 aliphatic heterocycles. The molecule has 4 N–H and O–H groups in total. The molecule has 5 heteroatoms. The summed E-state index contributed by atoms with van der Waals surface area (Å²) in [5.41, 5.74) is 6.01. The Morgan fingerprint density at radius 1 is 1.50 bits per heavy atom. The minimum absolute atomic E-state index is 0.172. The molecule has 16 heavy (non-hydrogen) atoms. The molecule has 1 aromatic rings. The van der Waals surface area contributed by atoms with Gasteiger partial charge in [-0.2, -0.15) is 0 Å². The van der Waals surface area contributed by atoms with Crippen LogP contribution in [0, 0.1) is 0 Å². The van der Waals surface area contributed by atoms with E-state index in [2.05, 4.69) is 28.8 Å². The van der Waals surface area contributed by atoms with E-state index in [9.17, 15) is 4.79 Å². The molecule has 2 rings (SSSR count). The van der Waals surface area contributed by atoms with Crippen LogP contribution in [0.3, 0.4) is 0 Å². The topological polar surface area (TPSA) is 80.0 Å². The van der Waals surface area contributed by atoms with Crippen LogP contribution in [0.25, 0.3) is 13.2 Å². The fourth-order valence-electron chi connectivity index (χ4n) is 1.46.